The maximum atomic E-state index is 11.0. The summed E-state index contributed by atoms with van der Waals surface area (Å²) in [7, 11) is 1.39. The number of furan rings is 1. The third-order valence-corrected chi connectivity index (χ3v) is 3.51. The van der Waals surface area contributed by atoms with Crippen LogP contribution in [0.15, 0.2) is 34.7 Å². The zero-order valence-corrected chi connectivity index (χ0v) is 13.3. The molecule has 0 fully saturated rings. The fourth-order valence-electron chi connectivity index (χ4n) is 2.25. The van der Waals surface area contributed by atoms with Crippen molar-refractivity contribution in [1.29, 1.82) is 0 Å². The first-order valence-electron chi connectivity index (χ1n) is 7.15. The third kappa shape index (κ3) is 4.08. The van der Waals surface area contributed by atoms with Crippen molar-refractivity contribution in [3.8, 4) is 5.75 Å². The van der Waals surface area contributed by atoms with Crippen LogP contribution in [0.5, 0.6) is 5.75 Å². The number of nitro groups is 1. The molecule has 0 aliphatic heterocycles. The molecule has 1 unspecified atom stereocenters. The fourth-order valence-corrected chi connectivity index (χ4v) is 2.25. The smallest absolute Gasteiger partial charge is 0.311 e. The molecule has 2 N–H and O–H groups in total. The van der Waals surface area contributed by atoms with Crippen LogP contribution < -0.4 is 10.1 Å². The summed E-state index contributed by atoms with van der Waals surface area (Å²) in [6, 6.07) is 8.28. The molecule has 2 aromatic rings. The average molecular weight is 320 g/mol. The second-order valence-corrected chi connectivity index (χ2v) is 5.55. The zero-order chi connectivity index (χ0) is 17.0. The largest absolute Gasteiger partial charge is 0.490 e. The molecule has 2 rings (SSSR count). The number of benzene rings is 1. The van der Waals surface area contributed by atoms with Crippen LogP contribution in [0.3, 0.4) is 0 Å². The van der Waals surface area contributed by atoms with Gasteiger partial charge < -0.3 is 19.6 Å². The van der Waals surface area contributed by atoms with Crippen molar-refractivity contribution in [1.82, 2.24) is 5.32 Å². The molecule has 7 heteroatoms. The van der Waals surface area contributed by atoms with Crippen LogP contribution in [0.1, 0.15) is 24.0 Å². The number of ether oxygens (including phenoxy) is 1. The highest BCUT2D eigenvalue weighted by molar-refractivity contribution is 5.48. The van der Waals surface area contributed by atoms with Gasteiger partial charge >= 0.3 is 5.69 Å². The molecule has 0 aliphatic carbocycles. The molecule has 23 heavy (non-hydrogen) atoms. The van der Waals surface area contributed by atoms with Crippen LogP contribution in [-0.4, -0.2) is 23.7 Å². The number of nitrogens with one attached hydrogen (secondary N) is 1. The van der Waals surface area contributed by atoms with E-state index in [1.165, 1.54) is 13.2 Å². The first-order chi connectivity index (χ1) is 10.8. The summed E-state index contributed by atoms with van der Waals surface area (Å²) in [5.41, 5.74) is -0.517. The number of nitrogens with zero attached hydrogens (tertiary/aromatic N) is 1. The van der Waals surface area contributed by atoms with Crippen LogP contribution in [0.2, 0.25) is 0 Å². The number of hydrogen-bond acceptors (Lipinski definition) is 6. The minimum atomic E-state index is -1.16. The Morgan fingerprint density at radius 2 is 2.13 bits per heavy atom. The summed E-state index contributed by atoms with van der Waals surface area (Å²) < 4.78 is 10.4. The summed E-state index contributed by atoms with van der Waals surface area (Å²) in [6.45, 7) is 4.08. The Kier molecular flexibility index (Phi) is 5.02. The first kappa shape index (κ1) is 17.0. The van der Waals surface area contributed by atoms with Gasteiger partial charge in [-0.25, -0.2) is 0 Å². The van der Waals surface area contributed by atoms with Crippen LogP contribution in [0.25, 0.3) is 0 Å². The third-order valence-electron chi connectivity index (χ3n) is 3.51. The van der Waals surface area contributed by atoms with Crippen molar-refractivity contribution in [2.24, 2.45) is 0 Å². The van der Waals surface area contributed by atoms with Crippen LogP contribution >= 0.6 is 0 Å². The Morgan fingerprint density at radius 3 is 2.70 bits per heavy atom. The maximum absolute atomic E-state index is 11.0. The fraction of sp³-hybridized carbons (Fsp3) is 0.375. The lowest BCUT2D eigenvalue weighted by molar-refractivity contribution is -0.385. The quantitative estimate of drug-likeness (QED) is 0.601. The Balaban J connectivity index is 2.01. The van der Waals surface area contributed by atoms with E-state index < -0.39 is 10.5 Å². The van der Waals surface area contributed by atoms with Gasteiger partial charge in [-0.05, 0) is 37.6 Å². The molecule has 1 aromatic heterocycles. The molecule has 0 spiro atoms. The van der Waals surface area contributed by atoms with Gasteiger partial charge in [0.2, 0.25) is 0 Å². The Bertz CT molecular complexity index is 694. The standard InChI is InChI=1S/C16H20N2O5/c1-11-4-7-15(23-11)16(2,19)10-17-9-12-5-6-14(22-3)13(8-12)18(20)21/h4-8,17,19H,9-10H2,1-3H3. The Labute approximate surface area is 134 Å². The van der Waals surface area contributed by atoms with Crippen molar-refractivity contribution in [3.63, 3.8) is 0 Å². The van der Waals surface area contributed by atoms with E-state index >= 15 is 0 Å². The van der Waals surface area contributed by atoms with Crippen LogP contribution in [0, 0.1) is 17.0 Å². The molecule has 0 saturated carbocycles. The zero-order valence-electron chi connectivity index (χ0n) is 13.3. The van der Waals surface area contributed by atoms with E-state index in [0.29, 0.717) is 12.3 Å². The molecular formula is C16H20N2O5. The SMILES string of the molecule is COc1ccc(CNCC(C)(O)c2ccc(C)o2)cc1[N+](=O)[O-]. The van der Waals surface area contributed by atoms with Crippen LogP contribution in [0.4, 0.5) is 5.69 Å². The Hall–Kier alpha value is -2.38. The van der Waals surface area contributed by atoms with Gasteiger partial charge in [-0.1, -0.05) is 6.07 Å². The van der Waals surface area contributed by atoms with Gasteiger partial charge in [0.1, 0.15) is 17.1 Å². The number of aliphatic hydroxyl groups is 1. The normalized spacial score (nSPS) is 13.6. The van der Waals surface area contributed by atoms with Gasteiger partial charge in [-0.3, -0.25) is 10.1 Å². The molecule has 1 heterocycles. The lowest BCUT2D eigenvalue weighted by atomic mass is 10.0. The molecular weight excluding hydrogens is 300 g/mol. The molecule has 0 radical (unpaired) electrons. The summed E-state index contributed by atoms with van der Waals surface area (Å²) >= 11 is 0. The van der Waals surface area contributed by atoms with Crippen molar-refractivity contribution in [2.75, 3.05) is 13.7 Å². The molecule has 0 amide bonds. The van der Waals surface area contributed by atoms with E-state index in [4.69, 9.17) is 9.15 Å². The van der Waals surface area contributed by atoms with Gasteiger partial charge in [0.05, 0.1) is 12.0 Å². The number of nitro benzene ring substituents is 1. The second kappa shape index (κ2) is 6.80. The molecule has 124 valence electrons. The lowest BCUT2D eigenvalue weighted by Crippen LogP contribution is -2.34. The predicted octanol–water partition coefficient (Wildman–Crippen LogP) is 2.50. The first-order valence-corrected chi connectivity index (χ1v) is 7.15. The van der Waals surface area contributed by atoms with E-state index in [9.17, 15) is 15.2 Å². The number of rotatable bonds is 7. The van der Waals surface area contributed by atoms with E-state index in [1.54, 1.807) is 31.2 Å². The maximum Gasteiger partial charge on any atom is 0.311 e. The highest BCUT2D eigenvalue weighted by Gasteiger charge is 2.26. The summed E-state index contributed by atoms with van der Waals surface area (Å²) in [5, 5.41) is 24.5. The molecule has 0 bridgehead atoms. The van der Waals surface area contributed by atoms with E-state index in [-0.39, 0.29) is 18.0 Å². The van der Waals surface area contributed by atoms with Gasteiger partial charge in [0.25, 0.3) is 0 Å². The van der Waals surface area contributed by atoms with Gasteiger partial charge in [0.15, 0.2) is 5.75 Å². The van der Waals surface area contributed by atoms with E-state index in [2.05, 4.69) is 5.32 Å². The molecule has 0 saturated heterocycles. The second-order valence-electron chi connectivity index (χ2n) is 5.55. The topological polar surface area (TPSA) is 97.8 Å². The summed E-state index contributed by atoms with van der Waals surface area (Å²) in [6.07, 6.45) is 0. The molecule has 1 atom stereocenters. The molecule has 7 nitrogen and oxygen atoms in total. The van der Waals surface area contributed by atoms with Crippen molar-refractivity contribution < 1.29 is 19.2 Å². The highest BCUT2D eigenvalue weighted by atomic mass is 16.6. The van der Waals surface area contributed by atoms with Gasteiger partial charge in [-0.15, -0.1) is 0 Å². The predicted molar refractivity (Wildman–Crippen MR) is 84.4 cm³/mol. The number of aryl methyl sites for hydroxylation is 1. The van der Waals surface area contributed by atoms with Crippen molar-refractivity contribution >= 4 is 5.69 Å². The average Bonchev–Trinajstić information content (AvgIpc) is 2.94. The highest BCUT2D eigenvalue weighted by Crippen LogP contribution is 2.27. The van der Waals surface area contributed by atoms with Crippen LogP contribution in [-0.2, 0) is 12.1 Å². The summed E-state index contributed by atoms with van der Waals surface area (Å²) in [4.78, 5) is 10.5. The molecule has 0 aliphatic rings. The van der Waals surface area contributed by atoms with Crippen molar-refractivity contribution in [3.05, 3.63) is 57.5 Å². The van der Waals surface area contributed by atoms with Crippen molar-refractivity contribution in [2.45, 2.75) is 26.0 Å². The monoisotopic (exact) mass is 320 g/mol. The molecule has 1 aromatic carbocycles. The van der Waals surface area contributed by atoms with E-state index in [1.807, 2.05) is 6.92 Å². The Morgan fingerprint density at radius 1 is 1.39 bits per heavy atom. The van der Waals surface area contributed by atoms with Gasteiger partial charge in [-0.2, -0.15) is 0 Å². The number of methoxy groups -OCH3 is 1. The number of hydrogen-bond donors (Lipinski definition) is 2. The summed E-state index contributed by atoms with van der Waals surface area (Å²) in [5.74, 6) is 1.42. The lowest BCUT2D eigenvalue weighted by Gasteiger charge is -2.21. The van der Waals surface area contributed by atoms with E-state index in [0.717, 1.165) is 11.3 Å². The minimum absolute atomic E-state index is 0.0831. The van der Waals surface area contributed by atoms with Gasteiger partial charge in [0, 0.05) is 19.2 Å². The minimum Gasteiger partial charge on any atom is -0.490 e.